The molecule has 0 aliphatic carbocycles. The number of hydrogen-bond donors (Lipinski definition) is 2. The van der Waals surface area contributed by atoms with Crippen molar-refractivity contribution in [1.29, 1.82) is 0 Å². The standard InChI is InChI=1S/C19H23N3/c20-11-14-5-1-2-6-15(14)18-13-22-10-9-21-12-19(22)17-8-4-3-7-16(17)18/h1-8,18-19,21H,9-13,20H2. The second-order valence-electron chi connectivity index (χ2n) is 6.30. The average molecular weight is 293 g/mol. The van der Waals surface area contributed by atoms with Gasteiger partial charge >= 0.3 is 0 Å². The molecule has 2 unspecified atom stereocenters. The van der Waals surface area contributed by atoms with Crippen molar-refractivity contribution in [3.05, 3.63) is 70.8 Å². The molecule has 0 aromatic heterocycles. The molecule has 1 saturated heterocycles. The molecule has 2 aromatic carbocycles. The predicted octanol–water partition coefficient (Wildman–Crippen LogP) is 2.24. The molecule has 3 heteroatoms. The first-order chi connectivity index (χ1) is 10.9. The van der Waals surface area contributed by atoms with Crippen LogP contribution < -0.4 is 11.1 Å². The Morgan fingerprint density at radius 3 is 2.55 bits per heavy atom. The number of rotatable bonds is 2. The van der Waals surface area contributed by atoms with Crippen LogP contribution >= 0.6 is 0 Å². The fourth-order valence-corrected chi connectivity index (χ4v) is 4.06. The van der Waals surface area contributed by atoms with E-state index in [-0.39, 0.29) is 0 Å². The molecular weight excluding hydrogens is 270 g/mol. The van der Waals surface area contributed by atoms with Gasteiger partial charge in [0.1, 0.15) is 0 Å². The lowest BCUT2D eigenvalue weighted by molar-refractivity contribution is 0.143. The first kappa shape index (κ1) is 13.9. The number of benzene rings is 2. The Morgan fingerprint density at radius 1 is 1.00 bits per heavy atom. The summed E-state index contributed by atoms with van der Waals surface area (Å²) >= 11 is 0. The number of hydrogen-bond acceptors (Lipinski definition) is 3. The van der Waals surface area contributed by atoms with Gasteiger partial charge in [0.25, 0.3) is 0 Å². The molecule has 3 N–H and O–H groups in total. The van der Waals surface area contributed by atoms with Crippen LogP contribution in [0.1, 0.15) is 34.2 Å². The molecule has 2 aromatic rings. The van der Waals surface area contributed by atoms with E-state index in [1.54, 1.807) is 0 Å². The lowest BCUT2D eigenvalue weighted by Gasteiger charge is -2.44. The van der Waals surface area contributed by atoms with Gasteiger partial charge in [-0.1, -0.05) is 48.5 Å². The van der Waals surface area contributed by atoms with Crippen LogP contribution in [0.15, 0.2) is 48.5 Å². The third kappa shape index (κ3) is 2.26. The second kappa shape index (κ2) is 5.84. The zero-order valence-corrected chi connectivity index (χ0v) is 12.8. The van der Waals surface area contributed by atoms with Crippen LogP contribution in [0.5, 0.6) is 0 Å². The smallest absolute Gasteiger partial charge is 0.0476 e. The number of nitrogens with zero attached hydrogens (tertiary/aromatic N) is 1. The molecule has 22 heavy (non-hydrogen) atoms. The van der Waals surface area contributed by atoms with Crippen molar-refractivity contribution in [1.82, 2.24) is 10.2 Å². The summed E-state index contributed by atoms with van der Waals surface area (Å²) in [7, 11) is 0. The molecule has 2 aliphatic rings. The monoisotopic (exact) mass is 293 g/mol. The summed E-state index contributed by atoms with van der Waals surface area (Å²) in [6, 6.07) is 18.1. The zero-order chi connectivity index (χ0) is 14.9. The van der Waals surface area contributed by atoms with Crippen LogP contribution in [0.4, 0.5) is 0 Å². The van der Waals surface area contributed by atoms with E-state index in [9.17, 15) is 0 Å². The van der Waals surface area contributed by atoms with Crippen LogP contribution in [0.25, 0.3) is 0 Å². The van der Waals surface area contributed by atoms with Gasteiger partial charge in [0.05, 0.1) is 0 Å². The lowest BCUT2D eigenvalue weighted by Crippen LogP contribution is -2.50. The Balaban J connectivity index is 1.82. The van der Waals surface area contributed by atoms with Crippen molar-refractivity contribution in [2.24, 2.45) is 5.73 Å². The quantitative estimate of drug-likeness (QED) is 0.892. The van der Waals surface area contributed by atoms with Gasteiger partial charge in [0.15, 0.2) is 0 Å². The minimum atomic E-state index is 0.435. The van der Waals surface area contributed by atoms with E-state index < -0.39 is 0 Å². The van der Waals surface area contributed by atoms with Crippen LogP contribution in [0.2, 0.25) is 0 Å². The van der Waals surface area contributed by atoms with Crippen molar-refractivity contribution < 1.29 is 0 Å². The Hall–Kier alpha value is -1.68. The van der Waals surface area contributed by atoms with E-state index in [0.717, 1.165) is 26.2 Å². The Kier molecular flexibility index (Phi) is 3.70. The first-order valence-corrected chi connectivity index (χ1v) is 8.20. The molecule has 0 spiro atoms. The van der Waals surface area contributed by atoms with Gasteiger partial charge in [-0.05, 0) is 22.3 Å². The average Bonchev–Trinajstić information content (AvgIpc) is 2.61. The molecule has 114 valence electrons. The number of nitrogens with one attached hydrogen (secondary N) is 1. The van der Waals surface area contributed by atoms with Gasteiger partial charge in [0.2, 0.25) is 0 Å². The largest absolute Gasteiger partial charge is 0.326 e. The van der Waals surface area contributed by atoms with Gasteiger partial charge in [-0.3, -0.25) is 4.90 Å². The van der Waals surface area contributed by atoms with Gasteiger partial charge < -0.3 is 11.1 Å². The molecular formula is C19H23N3. The molecule has 0 amide bonds. The lowest BCUT2D eigenvalue weighted by atomic mass is 9.79. The predicted molar refractivity (Wildman–Crippen MR) is 89.8 cm³/mol. The van der Waals surface area contributed by atoms with Crippen LogP contribution in [0.3, 0.4) is 0 Å². The third-order valence-corrected chi connectivity index (χ3v) is 5.15. The SMILES string of the molecule is NCc1ccccc1C1CN2CCNCC2c2ccccc21. The Morgan fingerprint density at radius 2 is 1.73 bits per heavy atom. The molecule has 2 aliphatic heterocycles. The fourth-order valence-electron chi connectivity index (χ4n) is 4.06. The summed E-state index contributed by atoms with van der Waals surface area (Å²) in [6.07, 6.45) is 0. The highest BCUT2D eigenvalue weighted by Crippen LogP contribution is 2.40. The molecule has 2 atom stereocenters. The third-order valence-electron chi connectivity index (χ3n) is 5.15. The van der Waals surface area contributed by atoms with Crippen LogP contribution in [0, 0.1) is 0 Å². The van der Waals surface area contributed by atoms with Crippen LogP contribution in [-0.2, 0) is 6.54 Å². The molecule has 2 heterocycles. The van der Waals surface area contributed by atoms with E-state index in [1.807, 2.05) is 0 Å². The summed E-state index contributed by atoms with van der Waals surface area (Å²) in [5, 5.41) is 3.54. The topological polar surface area (TPSA) is 41.3 Å². The second-order valence-corrected chi connectivity index (χ2v) is 6.30. The first-order valence-electron chi connectivity index (χ1n) is 8.20. The van der Waals surface area contributed by atoms with E-state index in [2.05, 4.69) is 58.7 Å². The molecule has 0 bridgehead atoms. The Bertz CT molecular complexity index is 667. The highest BCUT2D eigenvalue weighted by atomic mass is 15.2. The van der Waals surface area contributed by atoms with Crippen molar-refractivity contribution >= 4 is 0 Å². The normalized spacial score (nSPS) is 24.6. The maximum atomic E-state index is 5.99. The van der Waals surface area contributed by atoms with E-state index >= 15 is 0 Å². The highest BCUT2D eigenvalue weighted by molar-refractivity contribution is 5.45. The van der Waals surface area contributed by atoms with Gasteiger partial charge in [-0.25, -0.2) is 0 Å². The van der Waals surface area contributed by atoms with Crippen molar-refractivity contribution in [3.8, 4) is 0 Å². The van der Waals surface area contributed by atoms with E-state index in [0.29, 0.717) is 18.5 Å². The van der Waals surface area contributed by atoms with Crippen LogP contribution in [-0.4, -0.2) is 31.1 Å². The summed E-state index contributed by atoms with van der Waals surface area (Å²) in [5.74, 6) is 0.435. The van der Waals surface area contributed by atoms with Crippen molar-refractivity contribution in [3.63, 3.8) is 0 Å². The highest BCUT2D eigenvalue weighted by Gasteiger charge is 2.35. The van der Waals surface area contributed by atoms with Gasteiger partial charge in [-0.2, -0.15) is 0 Å². The van der Waals surface area contributed by atoms with Crippen molar-refractivity contribution in [2.45, 2.75) is 18.5 Å². The maximum absolute atomic E-state index is 5.99. The van der Waals surface area contributed by atoms with E-state index in [1.165, 1.54) is 22.3 Å². The zero-order valence-electron chi connectivity index (χ0n) is 12.8. The van der Waals surface area contributed by atoms with E-state index in [4.69, 9.17) is 5.73 Å². The van der Waals surface area contributed by atoms with Gasteiger partial charge in [0, 0.05) is 44.7 Å². The molecule has 0 saturated carbocycles. The minimum absolute atomic E-state index is 0.435. The minimum Gasteiger partial charge on any atom is -0.326 e. The fraction of sp³-hybridized carbons (Fsp3) is 0.368. The molecule has 3 nitrogen and oxygen atoms in total. The number of nitrogens with two attached hydrogens (primary N) is 1. The summed E-state index contributed by atoms with van der Waals surface area (Å²) in [4.78, 5) is 2.64. The van der Waals surface area contributed by atoms with Crippen molar-refractivity contribution in [2.75, 3.05) is 26.2 Å². The van der Waals surface area contributed by atoms with Gasteiger partial charge in [-0.15, -0.1) is 0 Å². The molecule has 4 rings (SSSR count). The summed E-state index contributed by atoms with van der Waals surface area (Å²) in [5.41, 5.74) is 11.6. The molecule has 1 fully saturated rings. The number of piperazine rings is 1. The summed E-state index contributed by atoms with van der Waals surface area (Å²) < 4.78 is 0. The maximum Gasteiger partial charge on any atom is 0.0476 e. The number of fused-ring (bicyclic) bond motifs is 3. The summed E-state index contributed by atoms with van der Waals surface area (Å²) in [6.45, 7) is 4.98. The Labute approximate surface area is 132 Å². The molecule has 0 radical (unpaired) electrons.